The molecule has 0 bridgehead atoms. The summed E-state index contributed by atoms with van der Waals surface area (Å²) in [6, 6.07) is 9.00. The number of benzene rings is 1. The van der Waals surface area contributed by atoms with Crippen LogP contribution in [-0.4, -0.2) is 62.7 Å². The second-order valence-corrected chi connectivity index (χ2v) is 7.99. The van der Waals surface area contributed by atoms with Crippen molar-refractivity contribution in [2.75, 3.05) is 46.9 Å². The summed E-state index contributed by atoms with van der Waals surface area (Å²) in [5.74, 6) is 1.74. The van der Waals surface area contributed by atoms with Crippen molar-refractivity contribution in [2.45, 2.75) is 45.2 Å². The lowest BCUT2D eigenvalue weighted by atomic mass is 10.1. The van der Waals surface area contributed by atoms with Gasteiger partial charge < -0.3 is 15.0 Å². The second kappa shape index (κ2) is 10.7. The largest absolute Gasteiger partial charge is 0.379 e. The maximum absolute atomic E-state index is 5.73. The molecule has 0 radical (unpaired) electrons. The molecule has 1 N–H and O–H groups in total. The van der Waals surface area contributed by atoms with Crippen molar-refractivity contribution in [1.29, 1.82) is 0 Å². The molecule has 0 unspecified atom stereocenters. The van der Waals surface area contributed by atoms with E-state index < -0.39 is 0 Å². The lowest BCUT2D eigenvalue weighted by molar-refractivity contribution is 0.115. The van der Waals surface area contributed by atoms with Crippen molar-refractivity contribution >= 4 is 5.96 Å². The molecule has 1 aliphatic carbocycles. The molecule has 1 aromatic carbocycles. The van der Waals surface area contributed by atoms with Gasteiger partial charge in [-0.15, -0.1) is 0 Å². The topological polar surface area (TPSA) is 40.1 Å². The molecule has 150 valence electrons. The predicted octanol–water partition coefficient (Wildman–Crippen LogP) is 3.11. The molecule has 0 atom stereocenters. The van der Waals surface area contributed by atoms with Gasteiger partial charge in [-0.2, -0.15) is 0 Å². The minimum Gasteiger partial charge on any atom is -0.379 e. The third-order valence-electron chi connectivity index (χ3n) is 5.52. The highest BCUT2D eigenvalue weighted by molar-refractivity contribution is 5.79. The Balaban J connectivity index is 1.37. The van der Waals surface area contributed by atoms with Crippen LogP contribution in [-0.2, 0) is 17.8 Å². The zero-order valence-electron chi connectivity index (χ0n) is 17.1. The van der Waals surface area contributed by atoms with Gasteiger partial charge in [0.2, 0.25) is 0 Å². The molecule has 1 aromatic rings. The van der Waals surface area contributed by atoms with Crippen LogP contribution in [0.5, 0.6) is 0 Å². The molecule has 0 aromatic heterocycles. The van der Waals surface area contributed by atoms with Crippen LogP contribution in [0.25, 0.3) is 0 Å². The average Bonchev–Trinajstić information content (AvgIpc) is 3.52. The van der Waals surface area contributed by atoms with Gasteiger partial charge in [0.1, 0.15) is 0 Å². The van der Waals surface area contributed by atoms with Crippen LogP contribution >= 0.6 is 0 Å². The molecular weight excluding hydrogens is 336 g/mol. The van der Waals surface area contributed by atoms with Gasteiger partial charge in [0, 0.05) is 40.3 Å². The third kappa shape index (κ3) is 7.15. The Hall–Kier alpha value is -1.59. The normalized spacial score (nSPS) is 18.5. The van der Waals surface area contributed by atoms with Crippen molar-refractivity contribution in [3.63, 3.8) is 0 Å². The van der Waals surface area contributed by atoms with Crippen molar-refractivity contribution in [3.8, 4) is 0 Å². The van der Waals surface area contributed by atoms with Crippen molar-refractivity contribution in [1.82, 2.24) is 15.1 Å². The summed E-state index contributed by atoms with van der Waals surface area (Å²) >= 11 is 0. The highest BCUT2D eigenvalue weighted by Gasteiger charge is 2.21. The van der Waals surface area contributed by atoms with Crippen molar-refractivity contribution in [3.05, 3.63) is 35.4 Å². The van der Waals surface area contributed by atoms with Crippen LogP contribution in [0.15, 0.2) is 29.3 Å². The molecule has 2 aliphatic rings. The van der Waals surface area contributed by atoms with Gasteiger partial charge in [-0.05, 0) is 55.8 Å². The SMILES string of the molecule is CN=C(NCc1ccc(CN2CCCCC2)cc1)N(C)CCOCC1CC1. The zero-order chi connectivity index (χ0) is 18.9. The zero-order valence-corrected chi connectivity index (χ0v) is 17.1. The summed E-state index contributed by atoms with van der Waals surface area (Å²) in [6.07, 6.45) is 6.77. The Bertz CT molecular complexity index is 576. The molecular formula is C22H36N4O. The van der Waals surface area contributed by atoms with Crippen LogP contribution in [0.4, 0.5) is 0 Å². The Kier molecular flexibility index (Phi) is 7.96. The number of ether oxygens (including phenoxy) is 1. The monoisotopic (exact) mass is 372 g/mol. The summed E-state index contributed by atoms with van der Waals surface area (Å²) in [5.41, 5.74) is 2.70. The van der Waals surface area contributed by atoms with E-state index in [4.69, 9.17) is 4.74 Å². The maximum atomic E-state index is 5.73. The molecule has 27 heavy (non-hydrogen) atoms. The summed E-state index contributed by atoms with van der Waals surface area (Å²) in [6.45, 7) is 6.92. The molecule has 1 saturated heterocycles. The number of likely N-dealkylation sites (tertiary alicyclic amines) is 1. The molecule has 5 heteroatoms. The fourth-order valence-electron chi connectivity index (χ4n) is 3.55. The number of nitrogens with zero attached hydrogens (tertiary/aromatic N) is 3. The smallest absolute Gasteiger partial charge is 0.193 e. The quantitative estimate of drug-likeness (QED) is 0.411. The second-order valence-electron chi connectivity index (χ2n) is 7.99. The van der Waals surface area contributed by atoms with E-state index in [1.54, 1.807) is 0 Å². The van der Waals surface area contributed by atoms with E-state index in [2.05, 4.69) is 51.4 Å². The van der Waals surface area contributed by atoms with E-state index >= 15 is 0 Å². The van der Waals surface area contributed by atoms with Gasteiger partial charge in [-0.1, -0.05) is 30.7 Å². The minimum atomic E-state index is 0.763. The summed E-state index contributed by atoms with van der Waals surface area (Å²) in [5, 5.41) is 3.46. The number of aliphatic imine (C=N–C) groups is 1. The molecule has 1 saturated carbocycles. The molecule has 5 nitrogen and oxygen atoms in total. The van der Waals surface area contributed by atoms with E-state index in [0.29, 0.717) is 0 Å². The average molecular weight is 373 g/mol. The van der Waals surface area contributed by atoms with Crippen LogP contribution in [0.2, 0.25) is 0 Å². The molecule has 0 spiro atoms. The summed E-state index contributed by atoms with van der Waals surface area (Å²) < 4.78 is 5.73. The maximum Gasteiger partial charge on any atom is 0.193 e. The number of likely N-dealkylation sites (N-methyl/N-ethyl adjacent to an activating group) is 1. The minimum absolute atomic E-state index is 0.763. The first-order valence-corrected chi connectivity index (χ1v) is 10.5. The van der Waals surface area contributed by atoms with Gasteiger partial charge in [-0.3, -0.25) is 9.89 Å². The van der Waals surface area contributed by atoms with Crippen LogP contribution in [0.3, 0.4) is 0 Å². The van der Waals surface area contributed by atoms with E-state index in [1.165, 1.54) is 56.3 Å². The van der Waals surface area contributed by atoms with E-state index in [-0.39, 0.29) is 0 Å². The van der Waals surface area contributed by atoms with Crippen LogP contribution < -0.4 is 5.32 Å². The van der Waals surface area contributed by atoms with E-state index in [0.717, 1.165) is 44.7 Å². The first-order chi connectivity index (χ1) is 13.2. The molecule has 2 fully saturated rings. The number of hydrogen-bond donors (Lipinski definition) is 1. The Morgan fingerprint density at radius 3 is 2.52 bits per heavy atom. The van der Waals surface area contributed by atoms with E-state index in [9.17, 15) is 0 Å². The van der Waals surface area contributed by atoms with Gasteiger partial charge in [-0.25, -0.2) is 0 Å². The molecule has 1 heterocycles. The number of hydrogen-bond acceptors (Lipinski definition) is 3. The number of nitrogens with one attached hydrogen (secondary N) is 1. The molecule has 3 rings (SSSR count). The lowest BCUT2D eigenvalue weighted by Crippen LogP contribution is -2.40. The third-order valence-corrected chi connectivity index (χ3v) is 5.52. The fourth-order valence-corrected chi connectivity index (χ4v) is 3.55. The van der Waals surface area contributed by atoms with Gasteiger partial charge in [0.25, 0.3) is 0 Å². The standard InChI is InChI=1S/C22H36N4O/c1-23-22(25(2)14-15-27-18-21-10-11-21)24-16-19-6-8-20(9-7-19)17-26-12-4-3-5-13-26/h6-9,21H,3-5,10-18H2,1-2H3,(H,23,24). The predicted molar refractivity (Wildman–Crippen MR) is 112 cm³/mol. The lowest BCUT2D eigenvalue weighted by Gasteiger charge is -2.26. The fraction of sp³-hybridized carbons (Fsp3) is 0.682. The van der Waals surface area contributed by atoms with Gasteiger partial charge in [0.05, 0.1) is 6.61 Å². The highest BCUT2D eigenvalue weighted by Crippen LogP contribution is 2.28. The number of piperidine rings is 1. The Morgan fingerprint density at radius 2 is 1.85 bits per heavy atom. The molecule has 0 amide bonds. The number of guanidine groups is 1. The molecule has 1 aliphatic heterocycles. The summed E-state index contributed by atoms with van der Waals surface area (Å²) in [4.78, 5) is 9.10. The van der Waals surface area contributed by atoms with Crippen molar-refractivity contribution < 1.29 is 4.74 Å². The van der Waals surface area contributed by atoms with Crippen molar-refractivity contribution in [2.24, 2.45) is 10.9 Å². The van der Waals surface area contributed by atoms with Gasteiger partial charge >= 0.3 is 0 Å². The first-order valence-electron chi connectivity index (χ1n) is 10.5. The first kappa shape index (κ1) is 20.2. The van der Waals surface area contributed by atoms with Gasteiger partial charge in [0.15, 0.2) is 5.96 Å². The Morgan fingerprint density at radius 1 is 1.15 bits per heavy atom. The van der Waals surface area contributed by atoms with Crippen LogP contribution in [0, 0.1) is 5.92 Å². The highest BCUT2D eigenvalue weighted by atomic mass is 16.5. The Labute approximate surface area is 164 Å². The van der Waals surface area contributed by atoms with Crippen LogP contribution in [0.1, 0.15) is 43.2 Å². The summed E-state index contributed by atoms with van der Waals surface area (Å²) in [7, 11) is 3.91. The van der Waals surface area contributed by atoms with E-state index in [1.807, 2.05) is 7.05 Å². The number of rotatable bonds is 9.